The molecule has 0 radical (unpaired) electrons. The number of benzene rings is 1. The molecule has 0 saturated carbocycles. The van der Waals surface area contributed by atoms with Gasteiger partial charge >= 0.3 is 0 Å². The molecule has 0 unspecified atom stereocenters. The van der Waals surface area contributed by atoms with Gasteiger partial charge in [0, 0.05) is 6.54 Å². The first-order valence-electron chi connectivity index (χ1n) is 8.25. The fraction of sp³-hybridized carbons (Fsp3) is 0.353. The third-order valence-corrected chi connectivity index (χ3v) is 4.54. The summed E-state index contributed by atoms with van der Waals surface area (Å²) in [4.78, 5) is 8.92. The number of fused-ring (bicyclic) bond motifs is 1. The van der Waals surface area contributed by atoms with E-state index in [0.717, 1.165) is 10.0 Å². The van der Waals surface area contributed by atoms with Crippen molar-refractivity contribution >= 4 is 33.5 Å². The molecule has 1 aromatic carbocycles. The Morgan fingerprint density at radius 2 is 2.12 bits per heavy atom. The Balaban J connectivity index is 1.90. The Hall–Kier alpha value is -2.26. The van der Waals surface area contributed by atoms with Gasteiger partial charge in [-0.3, -0.25) is 0 Å². The van der Waals surface area contributed by atoms with Crippen LogP contribution in [0.1, 0.15) is 19.4 Å². The highest BCUT2D eigenvalue weighted by Gasteiger charge is 2.16. The van der Waals surface area contributed by atoms with Crippen LogP contribution >= 0.6 is 15.9 Å². The number of rotatable bonds is 7. The zero-order chi connectivity index (χ0) is 18.7. The van der Waals surface area contributed by atoms with E-state index < -0.39 is 0 Å². The lowest BCUT2D eigenvalue weighted by atomic mass is 10.1. The molecule has 0 aliphatic heterocycles. The van der Waals surface area contributed by atoms with Crippen molar-refractivity contribution < 1.29 is 9.50 Å². The number of aliphatic hydroxyl groups excluding tert-OH is 1. The molecule has 1 atom stereocenters. The highest BCUT2D eigenvalue weighted by Crippen LogP contribution is 2.21. The molecule has 138 valence electrons. The maximum atomic E-state index is 13.4. The van der Waals surface area contributed by atoms with Gasteiger partial charge < -0.3 is 15.7 Å². The molecule has 0 amide bonds. The van der Waals surface area contributed by atoms with Crippen LogP contribution in [0.3, 0.4) is 0 Å². The van der Waals surface area contributed by atoms with Crippen molar-refractivity contribution in [1.82, 2.24) is 19.6 Å². The van der Waals surface area contributed by atoms with Crippen molar-refractivity contribution in [2.75, 3.05) is 17.2 Å². The summed E-state index contributed by atoms with van der Waals surface area (Å²) in [6, 6.07) is 6.18. The van der Waals surface area contributed by atoms with Crippen LogP contribution in [0.5, 0.6) is 0 Å². The van der Waals surface area contributed by atoms with E-state index in [9.17, 15) is 9.50 Å². The summed E-state index contributed by atoms with van der Waals surface area (Å²) < 4.78 is 15.7. The Morgan fingerprint density at radius 3 is 2.81 bits per heavy atom. The lowest BCUT2D eigenvalue weighted by Crippen LogP contribution is -2.30. The summed E-state index contributed by atoms with van der Waals surface area (Å²) in [6.07, 6.45) is 1.63. The highest BCUT2D eigenvalue weighted by atomic mass is 79.9. The summed E-state index contributed by atoms with van der Waals surface area (Å²) in [5, 5.41) is 20.1. The van der Waals surface area contributed by atoms with Gasteiger partial charge in [-0.2, -0.15) is 19.6 Å². The van der Waals surface area contributed by atoms with Gasteiger partial charge in [0.1, 0.15) is 5.82 Å². The number of nitrogens with zero attached hydrogens (tertiary/aromatic N) is 4. The third-order valence-electron chi connectivity index (χ3n) is 3.98. The van der Waals surface area contributed by atoms with E-state index >= 15 is 0 Å². The molecule has 2 heterocycles. The van der Waals surface area contributed by atoms with Gasteiger partial charge in [0.2, 0.25) is 11.9 Å². The third kappa shape index (κ3) is 4.10. The number of nitrogens with one attached hydrogen (secondary N) is 2. The van der Waals surface area contributed by atoms with E-state index in [1.165, 1.54) is 12.1 Å². The van der Waals surface area contributed by atoms with Crippen LogP contribution < -0.4 is 10.6 Å². The van der Waals surface area contributed by atoms with Crippen LogP contribution in [0.4, 0.5) is 16.3 Å². The number of anilines is 2. The second-order valence-corrected chi connectivity index (χ2v) is 7.11. The lowest BCUT2D eigenvalue weighted by Gasteiger charge is -2.20. The minimum absolute atomic E-state index is 0.0291. The normalized spacial score (nSPS) is 12.5. The monoisotopic (exact) mass is 422 g/mol. The summed E-state index contributed by atoms with van der Waals surface area (Å²) in [7, 11) is 0. The van der Waals surface area contributed by atoms with Crippen LogP contribution in [0.25, 0.3) is 5.65 Å². The van der Waals surface area contributed by atoms with Crippen molar-refractivity contribution in [2.45, 2.75) is 26.4 Å². The molecular weight excluding hydrogens is 403 g/mol. The van der Waals surface area contributed by atoms with E-state index in [2.05, 4.69) is 41.6 Å². The zero-order valence-electron chi connectivity index (χ0n) is 14.4. The van der Waals surface area contributed by atoms with Crippen LogP contribution in [0.2, 0.25) is 0 Å². The second-order valence-electron chi connectivity index (χ2n) is 6.26. The average molecular weight is 423 g/mol. The molecule has 7 nitrogen and oxygen atoms in total. The molecule has 0 aliphatic rings. The minimum atomic E-state index is -0.288. The van der Waals surface area contributed by atoms with Gasteiger partial charge in [-0.15, -0.1) is 0 Å². The molecular formula is C17H20BrFN6O. The molecule has 0 spiro atoms. The van der Waals surface area contributed by atoms with Crippen LogP contribution in [-0.2, 0) is 6.54 Å². The summed E-state index contributed by atoms with van der Waals surface area (Å²) in [5.41, 5.74) is 1.37. The molecule has 3 aromatic rings. The lowest BCUT2D eigenvalue weighted by molar-refractivity contribution is 0.248. The number of hydrogen-bond donors (Lipinski definition) is 3. The number of hydrogen-bond acceptors (Lipinski definition) is 6. The number of aliphatic hydroxyl groups is 1. The van der Waals surface area contributed by atoms with Crippen molar-refractivity contribution in [3.05, 3.63) is 46.3 Å². The van der Waals surface area contributed by atoms with Crippen molar-refractivity contribution in [2.24, 2.45) is 5.92 Å². The van der Waals surface area contributed by atoms with Crippen molar-refractivity contribution in [3.8, 4) is 0 Å². The van der Waals surface area contributed by atoms with Crippen LogP contribution in [0, 0.1) is 11.7 Å². The molecule has 3 N–H and O–H groups in total. The first kappa shape index (κ1) is 18.5. The highest BCUT2D eigenvalue weighted by molar-refractivity contribution is 9.10. The largest absolute Gasteiger partial charge is 0.394 e. The molecule has 26 heavy (non-hydrogen) atoms. The molecule has 0 saturated heterocycles. The summed E-state index contributed by atoms with van der Waals surface area (Å²) in [5.74, 6) is 0.766. The Labute approximate surface area is 158 Å². The van der Waals surface area contributed by atoms with E-state index in [1.807, 2.05) is 19.9 Å². The van der Waals surface area contributed by atoms with Gasteiger partial charge in [0.15, 0.2) is 5.65 Å². The molecule has 0 aliphatic carbocycles. The van der Waals surface area contributed by atoms with Crippen molar-refractivity contribution in [3.63, 3.8) is 0 Å². The Kier molecular flexibility index (Phi) is 5.67. The van der Waals surface area contributed by atoms with E-state index in [4.69, 9.17) is 0 Å². The number of halogens is 2. The van der Waals surface area contributed by atoms with Gasteiger partial charge in [-0.05, 0) is 39.5 Å². The Bertz CT molecular complexity index is 900. The molecule has 3 rings (SSSR count). The summed E-state index contributed by atoms with van der Waals surface area (Å²) in [6.45, 7) is 4.36. The summed E-state index contributed by atoms with van der Waals surface area (Å²) >= 11 is 3.42. The van der Waals surface area contributed by atoms with E-state index in [0.29, 0.717) is 24.1 Å². The molecule has 0 bridgehead atoms. The average Bonchev–Trinajstić information content (AvgIpc) is 2.98. The van der Waals surface area contributed by atoms with Gasteiger partial charge in [0.25, 0.3) is 0 Å². The van der Waals surface area contributed by atoms with Crippen molar-refractivity contribution in [1.29, 1.82) is 0 Å². The molecule has 0 fully saturated rings. The van der Waals surface area contributed by atoms with Gasteiger partial charge in [-0.1, -0.05) is 26.0 Å². The van der Waals surface area contributed by atoms with Gasteiger partial charge in [-0.25, -0.2) is 4.39 Å². The van der Waals surface area contributed by atoms with E-state index in [1.54, 1.807) is 16.8 Å². The standard InChI is InChI=1S/C17H20BrFN6O/c1-10(2)14(9-26)22-16-23-15-13(18)8-21-25(15)17(24-16)20-7-11-4-3-5-12(19)6-11/h3-6,8,10,14,26H,7,9H2,1-2H3,(H2,20,22,23,24)/t14-/m0/s1. The first-order chi connectivity index (χ1) is 12.5. The maximum Gasteiger partial charge on any atom is 0.229 e. The molecule has 9 heteroatoms. The van der Waals surface area contributed by atoms with E-state index in [-0.39, 0.29) is 24.4 Å². The zero-order valence-corrected chi connectivity index (χ0v) is 16.0. The topological polar surface area (TPSA) is 87.4 Å². The maximum absolute atomic E-state index is 13.4. The predicted octanol–water partition coefficient (Wildman–Crippen LogP) is 3.07. The van der Waals surface area contributed by atoms with Crippen LogP contribution in [-0.4, -0.2) is 37.3 Å². The quantitative estimate of drug-likeness (QED) is 0.542. The second kappa shape index (κ2) is 7.96. The predicted molar refractivity (Wildman–Crippen MR) is 102 cm³/mol. The van der Waals surface area contributed by atoms with Gasteiger partial charge in [0.05, 0.1) is 23.3 Å². The van der Waals surface area contributed by atoms with Crippen LogP contribution in [0.15, 0.2) is 34.9 Å². The minimum Gasteiger partial charge on any atom is -0.394 e. The fourth-order valence-corrected chi connectivity index (χ4v) is 2.79. The Morgan fingerprint density at radius 1 is 1.31 bits per heavy atom. The molecule has 2 aromatic heterocycles. The number of aromatic nitrogens is 4. The SMILES string of the molecule is CC(C)[C@H](CO)Nc1nc(NCc2cccc(F)c2)n2ncc(Br)c2n1. The fourth-order valence-electron chi connectivity index (χ4n) is 2.45. The first-order valence-corrected chi connectivity index (χ1v) is 9.04. The smallest absolute Gasteiger partial charge is 0.229 e.